The summed E-state index contributed by atoms with van der Waals surface area (Å²) in [6, 6.07) is 7.92. The summed E-state index contributed by atoms with van der Waals surface area (Å²) in [5.41, 5.74) is 1.81. The van der Waals surface area contributed by atoms with Crippen LogP contribution in [0.5, 0.6) is 0 Å². The highest BCUT2D eigenvalue weighted by Crippen LogP contribution is 2.16. The highest BCUT2D eigenvalue weighted by atomic mass is 16.2. The van der Waals surface area contributed by atoms with E-state index < -0.39 is 0 Å². The van der Waals surface area contributed by atoms with Crippen molar-refractivity contribution in [3.63, 3.8) is 0 Å². The standard InChI is InChI=1S/C17H23N3O2/c1-13-11-18-8-10-20(13)17(22)15-6-4-14(5-7-15)12-19-9-2-3-16(19)21/h4-7,13,18H,2-3,8-12H2,1H3/t13-/m1/s1. The Labute approximate surface area is 131 Å². The molecule has 3 rings (SSSR count). The molecule has 5 nitrogen and oxygen atoms in total. The number of rotatable bonds is 3. The molecule has 0 radical (unpaired) electrons. The lowest BCUT2D eigenvalue weighted by atomic mass is 10.1. The van der Waals surface area contributed by atoms with Gasteiger partial charge in [0.05, 0.1) is 0 Å². The number of benzene rings is 1. The Balaban J connectivity index is 1.65. The summed E-state index contributed by atoms with van der Waals surface area (Å²) in [5.74, 6) is 0.326. The number of piperazine rings is 1. The van der Waals surface area contributed by atoms with Gasteiger partial charge in [0.2, 0.25) is 5.91 Å². The first-order chi connectivity index (χ1) is 10.6. The average Bonchev–Trinajstić information content (AvgIpc) is 2.93. The molecule has 2 fully saturated rings. The highest BCUT2D eigenvalue weighted by molar-refractivity contribution is 5.94. The predicted octanol–water partition coefficient (Wildman–Crippen LogP) is 1.24. The van der Waals surface area contributed by atoms with Crippen LogP contribution >= 0.6 is 0 Å². The van der Waals surface area contributed by atoms with Crippen LogP contribution in [-0.2, 0) is 11.3 Å². The molecule has 0 spiro atoms. The molecule has 1 aromatic carbocycles. The Hall–Kier alpha value is -1.88. The second-order valence-electron chi connectivity index (χ2n) is 6.17. The van der Waals surface area contributed by atoms with Crippen LogP contribution in [0.1, 0.15) is 35.7 Å². The molecule has 1 atom stereocenters. The minimum Gasteiger partial charge on any atom is -0.338 e. The summed E-state index contributed by atoms with van der Waals surface area (Å²) in [5, 5.41) is 3.29. The van der Waals surface area contributed by atoms with Crippen molar-refractivity contribution in [2.24, 2.45) is 0 Å². The van der Waals surface area contributed by atoms with Crippen LogP contribution in [0.2, 0.25) is 0 Å². The summed E-state index contributed by atoms with van der Waals surface area (Å²) in [4.78, 5) is 28.0. The van der Waals surface area contributed by atoms with Crippen LogP contribution in [0.4, 0.5) is 0 Å². The number of carbonyl (C=O) groups excluding carboxylic acids is 2. The lowest BCUT2D eigenvalue weighted by Crippen LogP contribution is -2.52. The van der Waals surface area contributed by atoms with Crippen molar-refractivity contribution in [1.82, 2.24) is 15.1 Å². The molecule has 0 unspecified atom stereocenters. The maximum Gasteiger partial charge on any atom is 0.254 e. The van der Waals surface area contributed by atoms with Gasteiger partial charge in [0.1, 0.15) is 0 Å². The minimum atomic E-state index is 0.0952. The highest BCUT2D eigenvalue weighted by Gasteiger charge is 2.24. The predicted molar refractivity (Wildman–Crippen MR) is 84.5 cm³/mol. The third-order valence-corrected chi connectivity index (χ3v) is 4.51. The molecule has 2 saturated heterocycles. The Morgan fingerprint density at radius 1 is 1.27 bits per heavy atom. The fraction of sp³-hybridized carbons (Fsp3) is 0.529. The van der Waals surface area contributed by atoms with Gasteiger partial charge in [-0.2, -0.15) is 0 Å². The molecule has 2 amide bonds. The van der Waals surface area contributed by atoms with E-state index in [0.29, 0.717) is 13.0 Å². The third-order valence-electron chi connectivity index (χ3n) is 4.51. The zero-order valence-corrected chi connectivity index (χ0v) is 13.0. The topological polar surface area (TPSA) is 52.7 Å². The van der Waals surface area contributed by atoms with Crippen molar-refractivity contribution < 1.29 is 9.59 Å². The number of likely N-dealkylation sites (tertiary alicyclic amines) is 1. The smallest absolute Gasteiger partial charge is 0.254 e. The van der Waals surface area contributed by atoms with E-state index in [1.807, 2.05) is 34.1 Å². The summed E-state index contributed by atoms with van der Waals surface area (Å²) in [6.07, 6.45) is 1.62. The fourth-order valence-corrected chi connectivity index (χ4v) is 3.15. The zero-order chi connectivity index (χ0) is 15.5. The maximum absolute atomic E-state index is 12.6. The van der Waals surface area contributed by atoms with Crippen LogP contribution in [0, 0.1) is 0 Å². The number of hydrogen-bond donors (Lipinski definition) is 1. The van der Waals surface area contributed by atoms with Crippen molar-refractivity contribution in [3.05, 3.63) is 35.4 Å². The molecular formula is C17H23N3O2. The summed E-state index contributed by atoms with van der Waals surface area (Å²) >= 11 is 0. The van der Waals surface area contributed by atoms with Gasteiger partial charge in [0, 0.05) is 50.7 Å². The van der Waals surface area contributed by atoms with Gasteiger partial charge in [-0.25, -0.2) is 0 Å². The van der Waals surface area contributed by atoms with Crippen molar-refractivity contribution in [1.29, 1.82) is 0 Å². The molecule has 0 aliphatic carbocycles. The van der Waals surface area contributed by atoms with Gasteiger partial charge < -0.3 is 15.1 Å². The first-order valence-electron chi connectivity index (χ1n) is 8.03. The molecule has 2 aliphatic rings. The van der Waals surface area contributed by atoms with Crippen LogP contribution in [0.3, 0.4) is 0 Å². The Morgan fingerprint density at radius 2 is 2.05 bits per heavy atom. The molecule has 0 saturated carbocycles. The van der Waals surface area contributed by atoms with Gasteiger partial charge in [-0.05, 0) is 31.0 Å². The molecule has 0 aromatic heterocycles. The average molecular weight is 301 g/mol. The molecule has 2 aliphatic heterocycles. The van der Waals surface area contributed by atoms with Gasteiger partial charge in [-0.3, -0.25) is 9.59 Å². The molecule has 118 valence electrons. The lowest BCUT2D eigenvalue weighted by Gasteiger charge is -2.34. The Bertz CT molecular complexity index is 556. The lowest BCUT2D eigenvalue weighted by molar-refractivity contribution is -0.128. The Morgan fingerprint density at radius 3 is 2.68 bits per heavy atom. The van der Waals surface area contributed by atoms with E-state index in [9.17, 15) is 9.59 Å². The van der Waals surface area contributed by atoms with Gasteiger partial charge in [0.15, 0.2) is 0 Å². The molecule has 1 N–H and O–H groups in total. The molecule has 2 heterocycles. The monoisotopic (exact) mass is 301 g/mol. The van der Waals surface area contributed by atoms with E-state index in [1.54, 1.807) is 0 Å². The number of hydrogen-bond acceptors (Lipinski definition) is 3. The van der Waals surface area contributed by atoms with E-state index >= 15 is 0 Å². The zero-order valence-electron chi connectivity index (χ0n) is 13.0. The summed E-state index contributed by atoms with van der Waals surface area (Å²) in [7, 11) is 0. The number of nitrogens with one attached hydrogen (secondary N) is 1. The maximum atomic E-state index is 12.6. The molecular weight excluding hydrogens is 278 g/mol. The second-order valence-corrected chi connectivity index (χ2v) is 6.17. The first-order valence-corrected chi connectivity index (χ1v) is 8.03. The van der Waals surface area contributed by atoms with Crippen molar-refractivity contribution in [2.75, 3.05) is 26.2 Å². The SMILES string of the molecule is C[C@@H]1CNCCN1C(=O)c1ccc(CN2CCCC2=O)cc1. The minimum absolute atomic E-state index is 0.0952. The second kappa shape index (κ2) is 6.48. The number of carbonyl (C=O) groups is 2. The largest absolute Gasteiger partial charge is 0.338 e. The van der Waals surface area contributed by atoms with Crippen LogP contribution in [0.25, 0.3) is 0 Å². The van der Waals surface area contributed by atoms with Gasteiger partial charge >= 0.3 is 0 Å². The van der Waals surface area contributed by atoms with Crippen molar-refractivity contribution in [3.8, 4) is 0 Å². The molecule has 1 aromatic rings. The van der Waals surface area contributed by atoms with E-state index in [2.05, 4.69) is 12.2 Å². The summed E-state index contributed by atoms with van der Waals surface area (Å²) < 4.78 is 0. The van der Waals surface area contributed by atoms with E-state index in [1.165, 1.54) is 0 Å². The molecule has 5 heteroatoms. The van der Waals surface area contributed by atoms with Crippen molar-refractivity contribution in [2.45, 2.75) is 32.4 Å². The van der Waals surface area contributed by atoms with Gasteiger partial charge in [0.25, 0.3) is 5.91 Å². The van der Waals surface area contributed by atoms with Crippen molar-refractivity contribution >= 4 is 11.8 Å². The van der Waals surface area contributed by atoms with E-state index in [-0.39, 0.29) is 17.9 Å². The van der Waals surface area contributed by atoms with E-state index in [4.69, 9.17) is 0 Å². The summed E-state index contributed by atoms with van der Waals surface area (Å²) in [6.45, 7) is 6.02. The van der Waals surface area contributed by atoms with Crippen LogP contribution in [0.15, 0.2) is 24.3 Å². The number of nitrogens with zero attached hydrogens (tertiary/aromatic N) is 2. The third kappa shape index (κ3) is 3.14. The van der Waals surface area contributed by atoms with E-state index in [0.717, 1.165) is 43.7 Å². The quantitative estimate of drug-likeness (QED) is 0.914. The fourth-order valence-electron chi connectivity index (χ4n) is 3.15. The number of amides is 2. The van der Waals surface area contributed by atoms with Crippen LogP contribution < -0.4 is 5.32 Å². The van der Waals surface area contributed by atoms with Crippen LogP contribution in [-0.4, -0.2) is 53.8 Å². The van der Waals surface area contributed by atoms with Gasteiger partial charge in [-0.1, -0.05) is 12.1 Å². The molecule has 22 heavy (non-hydrogen) atoms. The normalized spacial score (nSPS) is 22.2. The first kappa shape index (κ1) is 15.0. The van der Waals surface area contributed by atoms with Gasteiger partial charge in [-0.15, -0.1) is 0 Å². The molecule has 0 bridgehead atoms. The Kier molecular flexibility index (Phi) is 4.43.